The third-order valence-corrected chi connectivity index (χ3v) is 4.07. The van der Waals surface area contributed by atoms with Crippen LogP contribution in [0.5, 0.6) is 0 Å². The molecular formula is C20H13ClN4O. The molecule has 0 saturated carbocycles. The predicted molar refractivity (Wildman–Crippen MR) is 103 cm³/mol. The maximum atomic E-state index is 13.1. The molecule has 4 rings (SSSR count). The molecule has 4 aromatic rings. The first-order valence-corrected chi connectivity index (χ1v) is 8.33. The number of rotatable bonds is 3. The van der Waals surface area contributed by atoms with Gasteiger partial charge in [0, 0.05) is 17.4 Å². The summed E-state index contributed by atoms with van der Waals surface area (Å²) >= 11 is 6.05. The van der Waals surface area contributed by atoms with Crippen LogP contribution in [0.2, 0.25) is 5.02 Å². The molecule has 5 nitrogen and oxygen atoms in total. The normalized spacial score (nSPS) is 11.3. The van der Waals surface area contributed by atoms with Crippen molar-refractivity contribution < 1.29 is 0 Å². The molecule has 26 heavy (non-hydrogen) atoms. The van der Waals surface area contributed by atoms with E-state index in [1.165, 1.54) is 4.57 Å². The van der Waals surface area contributed by atoms with Crippen molar-refractivity contribution >= 4 is 34.7 Å². The molecule has 2 aromatic heterocycles. The fourth-order valence-electron chi connectivity index (χ4n) is 2.62. The first kappa shape index (κ1) is 16.2. The van der Waals surface area contributed by atoms with Gasteiger partial charge in [0.05, 0.1) is 10.9 Å². The topological polar surface area (TPSA) is 60.7 Å². The number of halogens is 1. The molecule has 0 N–H and O–H groups in total. The summed E-state index contributed by atoms with van der Waals surface area (Å²) in [6.07, 6.45) is 6.84. The van der Waals surface area contributed by atoms with Crippen LogP contribution in [0.15, 0.2) is 71.8 Å². The predicted octanol–water partition coefficient (Wildman–Crippen LogP) is 4.00. The summed E-state index contributed by atoms with van der Waals surface area (Å²) in [6.45, 7) is 0. The van der Waals surface area contributed by atoms with Crippen LogP contribution in [-0.2, 0) is 0 Å². The molecule has 126 valence electrons. The van der Waals surface area contributed by atoms with Gasteiger partial charge < -0.3 is 0 Å². The van der Waals surface area contributed by atoms with Crippen molar-refractivity contribution in [3.8, 4) is 5.95 Å². The number of hydrogen-bond acceptors (Lipinski definition) is 4. The smallest absolute Gasteiger partial charge is 0.268 e. The minimum absolute atomic E-state index is 0.264. The molecule has 0 radical (unpaired) electrons. The number of hydrogen-bond donors (Lipinski definition) is 0. The summed E-state index contributed by atoms with van der Waals surface area (Å²) in [5.41, 5.74) is 1.30. The Morgan fingerprint density at radius 1 is 0.923 bits per heavy atom. The fourth-order valence-corrected chi connectivity index (χ4v) is 2.79. The molecule has 0 aliphatic carbocycles. The van der Waals surface area contributed by atoms with E-state index in [4.69, 9.17) is 11.6 Å². The van der Waals surface area contributed by atoms with Gasteiger partial charge in [-0.1, -0.05) is 48.0 Å². The molecule has 0 saturated heterocycles. The van der Waals surface area contributed by atoms with Crippen LogP contribution in [0.3, 0.4) is 0 Å². The third kappa shape index (κ3) is 3.12. The Morgan fingerprint density at radius 2 is 1.69 bits per heavy atom. The summed E-state index contributed by atoms with van der Waals surface area (Å²) in [5, 5.41) is 0.895. The van der Waals surface area contributed by atoms with Gasteiger partial charge in [-0.05, 0) is 35.9 Å². The Kier molecular flexibility index (Phi) is 4.29. The van der Waals surface area contributed by atoms with E-state index < -0.39 is 0 Å². The molecule has 0 fully saturated rings. The van der Waals surface area contributed by atoms with E-state index in [1.807, 2.05) is 36.4 Å². The molecule has 0 unspecified atom stereocenters. The van der Waals surface area contributed by atoms with Gasteiger partial charge >= 0.3 is 0 Å². The van der Waals surface area contributed by atoms with Crippen LogP contribution in [0.4, 0.5) is 0 Å². The zero-order valence-corrected chi connectivity index (χ0v) is 14.3. The standard InChI is InChI=1S/C20H13ClN4O/c21-15-8-9-17-16(13-15)19(26)25(20-22-11-4-12-23-20)18(24-17)10-7-14-5-2-1-3-6-14/h1-13H. The van der Waals surface area contributed by atoms with Crippen molar-refractivity contribution in [1.29, 1.82) is 0 Å². The first-order valence-electron chi connectivity index (χ1n) is 7.95. The fraction of sp³-hybridized carbons (Fsp3) is 0. The van der Waals surface area contributed by atoms with Gasteiger partial charge in [0.2, 0.25) is 5.95 Å². The Bertz CT molecular complexity index is 1160. The van der Waals surface area contributed by atoms with Crippen molar-refractivity contribution in [1.82, 2.24) is 19.5 Å². The largest absolute Gasteiger partial charge is 0.268 e. The van der Waals surface area contributed by atoms with Gasteiger partial charge in [-0.25, -0.2) is 19.5 Å². The zero-order valence-electron chi connectivity index (χ0n) is 13.6. The van der Waals surface area contributed by atoms with E-state index >= 15 is 0 Å². The molecule has 0 spiro atoms. The molecule has 0 amide bonds. The Labute approximate surface area is 154 Å². The van der Waals surface area contributed by atoms with Crippen LogP contribution in [0.1, 0.15) is 11.4 Å². The average molecular weight is 361 g/mol. The van der Waals surface area contributed by atoms with Gasteiger partial charge in [0.15, 0.2) is 0 Å². The molecule has 0 atom stereocenters. The number of aromatic nitrogens is 4. The highest BCUT2D eigenvalue weighted by Gasteiger charge is 2.13. The van der Waals surface area contributed by atoms with Crippen molar-refractivity contribution in [3.05, 3.63) is 93.8 Å². The molecule has 0 aliphatic rings. The maximum absolute atomic E-state index is 13.1. The second kappa shape index (κ2) is 6.90. The lowest BCUT2D eigenvalue weighted by Gasteiger charge is -2.09. The van der Waals surface area contributed by atoms with Crippen LogP contribution in [-0.4, -0.2) is 19.5 Å². The highest BCUT2D eigenvalue weighted by Crippen LogP contribution is 2.17. The van der Waals surface area contributed by atoms with E-state index in [0.717, 1.165) is 5.56 Å². The maximum Gasteiger partial charge on any atom is 0.268 e. The van der Waals surface area contributed by atoms with Gasteiger partial charge in [0.1, 0.15) is 5.82 Å². The number of fused-ring (bicyclic) bond motifs is 1. The lowest BCUT2D eigenvalue weighted by atomic mass is 10.2. The molecule has 2 aromatic carbocycles. The molecular weight excluding hydrogens is 348 g/mol. The quantitative estimate of drug-likeness (QED) is 0.554. The van der Waals surface area contributed by atoms with Gasteiger partial charge in [-0.2, -0.15) is 0 Å². The van der Waals surface area contributed by atoms with Crippen molar-refractivity contribution in [3.63, 3.8) is 0 Å². The van der Waals surface area contributed by atoms with Gasteiger partial charge in [0.25, 0.3) is 5.56 Å². The first-order chi connectivity index (χ1) is 12.7. The second-order valence-electron chi connectivity index (χ2n) is 5.56. The lowest BCUT2D eigenvalue weighted by molar-refractivity contribution is 0.859. The van der Waals surface area contributed by atoms with Gasteiger partial charge in [-0.3, -0.25) is 4.79 Å². The third-order valence-electron chi connectivity index (χ3n) is 3.83. The van der Waals surface area contributed by atoms with Gasteiger partial charge in [-0.15, -0.1) is 0 Å². The second-order valence-corrected chi connectivity index (χ2v) is 6.00. The molecule has 6 heteroatoms. The highest BCUT2D eigenvalue weighted by atomic mass is 35.5. The monoisotopic (exact) mass is 360 g/mol. The summed E-state index contributed by atoms with van der Waals surface area (Å²) in [4.78, 5) is 26.1. The molecule has 2 heterocycles. The van der Waals surface area contributed by atoms with E-state index in [9.17, 15) is 4.79 Å². The number of benzene rings is 2. The van der Waals surface area contributed by atoms with Crippen molar-refractivity contribution in [2.75, 3.05) is 0 Å². The zero-order chi connectivity index (χ0) is 17.9. The van der Waals surface area contributed by atoms with Crippen LogP contribution < -0.4 is 5.56 Å². The Morgan fingerprint density at radius 3 is 2.46 bits per heavy atom. The summed E-state index contributed by atoms with van der Waals surface area (Å²) in [5.74, 6) is 0.708. The lowest BCUT2D eigenvalue weighted by Crippen LogP contribution is -2.24. The van der Waals surface area contributed by atoms with E-state index in [1.54, 1.807) is 42.7 Å². The van der Waals surface area contributed by atoms with E-state index in [-0.39, 0.29) is 11.5 Å². The summed E-state index contributed by atoms with van der Waals surface area (Å²) < 4.78 is 1.39. The Hall–Kier alpha value is -3.31. The molecule has 0 aliphatic heterocycles. The van der Waals surface area contributed by atoms with Crippen molar-refractivity contribution in [2.45, 2.75) is 0 Å². The Balaban J connectivity index is 1.97. The summed E-state index contributed by atoms with van der Waals surface area (Å²) in [7, 11) is 0. The highest BCUT2D eigenvalue weighted by molar-refractivity contribution is 6.31. The van der Waals surface area contributed by atoms with E-state index in [2.05, 4.69) is 15.0 Å². The van der Waals surface area contributed by atoms with Crippen molar-refractivity contribution in [2.24, 2.45) is 0 Å². The minimum Gasteiger partial charge on any atom is -0.268 e. The van der Waals surface area contributed by atoms with E-state index in [0.29, 0.717) is 21.7 Å². The van der Waals surface area contributed by atoms with Crippen LogP contribution in [0.25, 0.3) is 29.0 Å². The minimum atomic E-state index is -0.267. The average Bonchev–Trinajstić information content (AvgIpc) is 2.68. The number of nitrogens with zero attached hydrogens (tertiary/aromatic N) is 4. The SMILES string of the molecule is O=c1c2cc(Cl)ccc2nc(C=Cc2ccccc2)n1-c1ncccn1. The van der Waals surface area contributed by atoms with Crippen LogP contribution in [0, 0.1) is 0 Å². The molecule has 0 bridgehead atoms. The van der Waals surface area contributed by atoms with Crippen LogP contribution >= 0.6 is 11.6 Å². The summed E-state index contributed by atoms with van der Waals surface area (Å²) in [6, 6.07) is 16.5.